The van der Waals surface area contributed by atoms with Gasteiger partial charge in [-0.15, -0.1) is 0 Å². The van der Waals surface area contributed by atoms with Gasteiger partial charge >= 0.3 is 0 Å². The van der Waals surface area contributed by atoms with Gasteiger partial charge in [0.1, 0.15) is 0 Å². The van der Waals surface area contributed by atoms with Crippen molar-refractivity contribution in [2.75, 3.05) is 26.2 Å². The van der Waals surface area contributed by atoms with Crippen molar-refractivity contribution in [3.8, 4) is 0 Å². The summed E-state index contributed by atoms with van der Waals surface area (Å²) in [6.45, 7) is 6.88. The second-order valence-electron chi connectivity index (χ2n) is 5.98. The summed E-state index contributed by atoms with van der Waals surface area (Å²) in [5, 5.41) is 4.87. The van der Waals surface area contributed by atoms with Gasteiger partial charge < -0.3 is 10.2 Å². The van der Waals surface area contributed by atoms with Crippen molar-refractivity contribution >= 4 is 10.9 Å². The molecule has 0 amide bonds. The van der Waals surface area contributed by atoms with Crippen LogP contribution in [0.25, 0.3) is 10.9 Å². The lowest BCUT2D eigenvalue weighted by atomic mass is 10.1. The van der Waals surface area contributed by atoms with E-state index in [-0.39, 0.29) is 0 Å². The first-order chi connectivity index (χ1) is 10.4. The van der Waals surface area contributed by atoms with Crippen molar-refractivity contribution in [2.45, 2.75) is 32.2 Å². The molecule has 1 fully saturated rings. The van der Waals surface area contributed by atoms with E-state index in [9.17, 15) is 0 Å². The van der Waals surface area contributed by atoms with E-state index >= 15 is 0 Å². The minimum absolute atomic E-state index is 0.675. The summed E-state index contributed by atoms with van der Waals surface area (Å²) in [5.74, 6) is 0. The van der Waals surface area contributed by atoms with Crippen LogP contribution < -0.4 is 5.32 Å². The molecule has 1 aromatic carbocycles. The van der Waals surface area contributed by atoms with Crippen LogP contribution in [-0.2, 0) is 6.42 Å². The Labute approximate surface area is 127 Å². The molecule has 112 valence electrons. The minimum Gasteiger partial charge on any atom is -0.311 e. The van der Waals surface area contributed by atoms with Gasteiger partial charge in [-0.3, -0.25) is 4.98 Å². The van der Waals surface area contributed by atoms with E-state index in [1.54, 1.807) is 0 Å². The average Bonchev–Trinajstić information content (AvgIpc) is 2.53. The molecule has 1 saturated heterocycles. The van der Waals surface area contributed by atoms with Gasteiger partial charge in [-0.05, 0) is 24.5 Å². The summed E-state index contributed by atoms with van der Waals surface area (Å²) in [7, 11) is 0. The van der Waals surface area contributed by atoms with Gasteiger partial charge in [0.15, 0.2) is 0 Å². The SMILES string of the molecule is CCCC1CN(CCc2cccc3cccnc23)CCN1. The number of piperazine rings is 1. The van der Waals surface area contributed by atoms with Gasteiger partial charge in [0.05, 0.1) is 5.52 Å². The molecule has 0 spiro atoms. The lowest BCUT2D eigenvalue weighted by Crippen LogP contribution is -2.50. The molecule has 2 aromatic rings. The van der Waals surface area contributed by atoms with E-state index in [2.05, 4.69) is 46.4 Å². The fraction of sp³-hybridized carbons (Fsp3) is 0.500. The topological polar surface area (TPSA) is 28.2 Å². The molecule has 1 aliphatic heterocycles. The van der Waals surface area contributed by atoms with Crippen LogP contribution in [0.5, 0.6) is 0 Å². The molecule has 3 heteroatoms. The molecular weight excluding hydrogens is 258 g/mol. The summed E-state index contributed by atoms with van der Waals surface area (Å²) in [4.78, 5) is 7.15. The summed E-state index contributed by atoms with van der Waals surface area (Å²) in [5.41, 5.74) is 2.54. The maximum absolute atomic E-state index is 4.56. The first-order valence-corrected chi connectivity index (χ1v) is 8.15. The summed E-state index contributed by atoms with van der Waals surface area (Å²) < 4.78 is 0. The van der Waals surface area contributed by atoms with Gasteiger partial charge in [0.2, 0.25) is 0 Å². The number of nitrogens with one attached hydrogen (secondary N) is 1. The number of hydrogen-bond donors (Lipinski definition) is 1. The molecular formula is C18H25N3. The average molecular weight is 283 g/mol. The third kappa shape index (κ3) is 3.60. The van der Waals surface area contributed by atoms with Crippen LogP contribution in [0.2, 0.25) is 0 Å². The Morgan fingerprint density at radius 3 is 3.10 bits per heavy atom. The third-order valence-electron chi connectivity index (χ3n) is 4.39. The summed E-state index contributed by atoms with van der Waals surface area (Å²) in [6, 6.07) is 11.4. The fourth-order valence-electron chi connectivity index (χ4n) is 3.29. The second-order valence-corrected chi connectivity index (χ2v) is 5.98. The predicted octanol–water partition coefficient (Wildman–Crippen LogP) is 2.85. The number of aromatic nitrogens is 1. The van der Waals surface area contributed by atoms with E-state index < -0.39 is 0 Å². The van der Waals surface area contributed by atoms with Crippen molar-refractivity contribution in [2.24, 2.45) is 0 Å². The quantitative estimate of drug-likeness (QED) is 0.914. The van der Waals surface area contributed by atoms with Gasteiger partial charge in [0, 0.05) is 43.8 Å². The minimum atomic E-state index is 0.675. The van der Waals surface area contributed by atoms with Crippen LogP contribution in [0.4, 0.5) is 0 Å². The highest BCUT2D eigenvalue weighted by Crippen LogP contribution is 2.17. The summed E-state index contributed by atoms with van der Waals surface area (Å²) in [6.07, 6.45) is 5.53. The molecule has 1 atom stereocenters. The largest absolute Gasteiger partial charge is 0.311 e. The molecule has 2 heterocycles. The molecule has 3 nitrogen and oxygen atoms in total. The van der Waals surface area contributed by atoms with Gasteiger partial charge in [-0.2, -0.15) is 0 Å². The summed E-state index contributed by atoms with van der Waals surface area (Å²) >= 11 is 0. The number of hydrogen-bond acceptors (Lipinski definition) is 3. The van der Waals surface area contributed by atoms with Crippen LogP contribution in [0.15, 0.2) is 36.5 Å². The number of pyridine rings is 1. The Morgan fingerprint density at radius 2 is 2.19 bits per heavy atom. The highest BCUT2D eigenvalue weighted by molar-refractivity contribution is 5.81. The van der Waals surface area contributed by atoms with Crippen molar-refractivity contribution in [1.82, 2.24) is 15.2 Å². The molecule has 1 unspecified atom stereocenters. The van der Waals surface area contributed by atoms with E-state index in [0.29, 0.717) is 6.04 Å². The van der Waals surface area contributed by atoms with Gasteiger partial charge in [-0.25, -0.2) is 0 Å². The Kier molecular flexibility index (Phi) is 4.84. The third-order valence-corrected chi connectivity index (χ3v) is 4.39. The second kappa shape index (κ2) is 7.01. The molecule has 21 heavy (non-hydrogen) atoms. The van der Waals surface area contributed by atoms with E-state index in [1.165, 1.54) is 42.4 Å². The van der Waals surface area contributed by atoms with Crippen LogP contribution >= 0.6 is 0 Å². The molecule has 1 aliphatic rings. The highest BCUT2D eigenvalue weighted by Gasteiger charge is 2.18. The molecule has 0 aliphatic carbocycles. The van der Waals surface area contributed by atoms with Crippen LogP contribution in [0, 0.1) is 0 Å². The molecule has 0 radical (unpaired) electrons. The normalized spacial score (nSPS) is 20.0. The van der Waals surface area contributed by atoms with Crippen LogP contribution in [-0.4, -0.2) is 42.1 Å². The van der Waals surface area contributed by atoms with Crippen molar-refractivity contribution < 1.29 is 0 Å². The molecule has 0 saturated carbocycles. The van der Waals surface area contributed by atoms with Gasteiger partial charge in [0.25, 0.3) is 0 Å². The van der Waals surface area contributed by atoms with E-state index in [4.69, 9.17) is 0 Å². The van der Waals surface area contributed by atoms with E-state index in [0.717, 1.165) is 19.5 Å². The zero-order valence-electron chi connectivity index (χ0n) is 12.9. The number of rotatable bonds is 5. The Morgan fingerprint density at radius 1 is 1.29 bits per heavy atom. The Bertz CT molecular complexity index is 574. The van der Waals surface area contributed by atoms with Crippen molar-refractivity contribution in [3.05, 3.63) is 42.1 Å². The number of benzene rings is 1. The first kappa shape index (κ1) is 14.5. The fourth-order valence-corrected chi connectivity index (χ4v) is 3.29. The number of fused-ring (bicyclic) bond motifs is 1. The Balaban J connectivity index is 1.64. The van der Waals surface area contributed by atoms with Crippen molar-refractivity contribution in [1.29, 1.82) is 0 Å². The number of para-hydroxylation sites is 1. The van der Waals surface area contributed by atoms with Crippen LogP contribution in [0.1, 0.15) is 25.3 Å². The van der Waals surface area contributed by atoms with Crippen molar-refractivity contribution in [3.63, 3.8) is 0 Å². The lowest BCUT2D eigenvalue weighted by Gasteiger charge is -2.33. The standard InChI is InChI=1S/C18H25N3/c1-2-5-17-14-21(13-11-19-17)12-9-16-7-3-6-15-8-4-10-20-18(15)16/h3-4,6-8,10,17,19H,2,5,9,11-14H2,1H3. The molecule has 1 N–H and O–H groups in total. The van der Waals surface area contributed by atoms with Gasteiger partial charge in [-0.1, -0.05) is 37.6 Å². The zero-order valence-corrected chi connectivity index (χ0v) is 12.9. The maximum atomic E-state index is 4.56. The Hall–Kier alpha value is -1.45. The van der Waals surface area contributed by atoms with Crippen LogP contribution in [0.3, 0.4) is 0 Å². The monoisotopic (exact) mass is 283 g/mol. The number of nitrogens with zero attached hydrogens (tertiary/aromatic N) is 2. The molecule has 1 aromatic heterocycles. The van der Waals surface area contributed by atoms with E-state index in [1.807, 2.05) is 12.3 Å². The highest BCUT2D eigenvalue weighted by atomic mass is 15.2. The molecule has 0 bridgehead atoms. The zero-order chi connectivity index (χ0) is 14.5. The smallest absolute Gasteiger partial charge is 0.0734 e. The maximum Gasteiger partial charge on any atom is 0.0734 e. The predicted molar refractivity (Wildman–Crippen MR) is 88.6 cm³/mol. The molecule has 3 rings (SSSR count). The lowest BCUT2D eigenvalue weighted by molar-refractivity contribution is 0.196. The first-order valence-electron chi connectivity index (χ1n) is 8.15.